The number of likely N-dealkylation sites (N-methyl/N-ethyl adjacent to an activating group) is 2. The average Bonchev–Trinajstić information content (AvgIpc) is 2.18. The van der Waals surface area contributed by atoms with Crippen molar-refractivity contribution < 1.29 is 0 Å². The number of pyridine rings is 1. The van der Waals surface area contributed by atoms with Crippen LogP contribution in [0, 0.1) is 0 Å². The Morgan fingerprint density at radius 3 is 3.00 bits per heavy atom. The number of nitrogens with zero attached hydrogens (tertiary/aromatic N) is 2. The first-order chi connectivity index (χ1) is 6.74. The lowest BCUT2D eigenvalue weighted by atomic mass is 10.2. The largest absolute Gasteiger partial charge is 0.318 e. The minimum absolute atomic E-state index is 0.601. The predicted molar refractivity (Wildman–Crippen MR) is 59.5 cm³/mol. The Labute approximate surface area is 90.1 Å². The molecular formula is C10H16ClN3. The summed E-state index contributed by atoms with van der Waals surface area (Å²) >= 11 is 5.95. The fraction of sp³-hybridized carbons (Fsp3) is 0.500. The lowest BCUT2D eigenvalue weighted by molar-refractivity contribution is 0.328. The average molecular weight is 214 g/mol. The van der Waals surface area contributed by atoms with Gasteiger partial charge in [-0.2, -0.15) is 0 Å². The molecule has 1 heterocycles. The highest BCUT2D eigenvalue weighted by Crippen LogP contribution is 2.12. The second kappa shape index (κ2) is 5.96. The molecule has 0 fully saturated rings. The zero-order valence-corrected chi connectivity index (χ0v) is 9.38. The molecule has 0 aliphatic rings. The molecule has 1 aromatic rings. The van der Waals surface area contributed by atoms with Crippen LogP contribution < -0.4 is 5.32 Å². The summed E-state index contributed by atoms with van der Waals surface area (Å²) < 4.78 is 0. The predicted octanol–water partition coefficient (Wildman–Crippen LogP) is 1.39. The van der Waals surface area contributed by atoms with Crippen LogP contribution in [0.4, 0.5) is 0 Å². The molecule has 0 bridgehead atoms. The Balaban J connectivity index is 2.47. The standard InChI is InChI=1S/C10H16ClN3/c1-12-6-7-14(2)8-9-4-3-5-13-10(9)11/h3-5,12H,6-8H2,1-2H3. The number of nitrogens with one attached hydrogen (secondary N) is 1. The van der Waals surface area contributed by atoms with Crippen LogP contribution in [0.1, 0.15) is 5.56 Å². The van der Waals surface area contributed by atoms with Crippen LogP contribution in [0.5, 0.6) is 0 Å². The first kappa shape index (κ1) is 11.4. The van der Waals surface area contributed by atoms with Crippen LogP contribution in [-0.4, -0.2) is 37.1 Å². The summed E-state index contributed by atoms with van der Waals surface area (Å²) in [6.07, 6.45) is 1.71. The maximum atomic E-state index is 5.95. The van der Waals surface area contributed by atoms with Crippen LogP contribution >= 0.6 is 11.6 Å². The van der Waals surface area contributed by atoms with Crippen molar-refractivity contribution in [2.45, 2.75) is 6.54 Å². The summed E-state index contributed by atoms with van der Waals surface area (Å²) in [6.45, 7) is 2.82. The molecule has 0 unspecified atom stereocenters. The quantitative estimate of drug-likeness (QED) is 0.750. The second-order valence-corrected chi connectivity index (χ2v) is 3.65. The van der Waals surface area contributed by atoms with Crippen molar-refractivity contribution in [3.8, 4) is 0 Å². The number of hydrogen-bond acceptors (Lipinski definition) is 3. The van der Waals surface area contributed by atoms with Crippen LogP contribution in [0.3, 0.4) is 0 Å². The van der Waals surface area contributed by atoms with Gasteiger partial charge in [0.05, 0.1) is 0 Å². The molecule has 1 rings (SSSR count). The third kappa shape index (κ3) is 3.62. The molecule has 0 spiro atoms. The zero-order chi connectivity index (χ0) is 10.4. The first-order valence-electron chi connectivity index (χ1n) is 4.66. The molecule has 0 atom stereocenters. The third-order valence-corrected chi connectivity index (χ3v) is 2.36. The van der Waals surface area contributed by atoms with E-state index in [1.165, 1.54) is 0 Å². The molecule has 0 aliphatic heterocycles. The van der Waals surface area contributed by atoms with Crippen molar-refractivity contribution in [1.82, 2.24) is 15.2 Å². The van der Waals surface area contributed by atoms with E-state index in [9.17, 15) is 0 Å². The summed E-state index contributed by atoms with van der Waals surface area (Å²) in [5.41, 5.74) is 1.08. The fourth-order valence-corrected chi connectivity index (χ4v) is 1.39. The summed E-state index contributed by atoms with van der Waals surface area (Å²) in [4.78, 5) is 6.24. The van der Waals surface area contributed by atoms with Crippen LogP contribution in [0.25, 0.3) is 0 Å². The van der Waals surface area contributed by atoms with E-state index in [4.69, 9.17) is 11.6 Å². The lowest BCUT2D eigenvalue weighted by Gasteiger charge is -2.16. The van der Waals surface area contributed by atoms with E-state index >= 15 is 0 Å². The SMILES string of the molecule is CNCCN(C)Cc1cccnc1Cl. The van der Waals surface area contributed by atoms with Crippen molar-refractivity contribution in [3.63, 3.8) is 0 Å². The van der Waals surface area contributed by atoms with Gasteiger partial charge in [-0.15, -0.1) is 0 Å². The van der Waals surface area contributed by atoms with E-state index in [2.05, 4.69) is 22.2 Å². The Bertz CT molecular complexity index is 278. The van der Waals surface area contributed by atoms with Gasteiger partial charge in [-0.1, -0.05) is 17.7 Å². The van der Waals surface area contributed by atoms with Gasteiger partial charge in [-0.3, -0.25) is 0 Å². The van der Waals surface area contributed by atoms with Crippen LogP contribution in [0.2, 0.25) is 5.15 Å². The molecule has 0 saturated heterocycles. The van der Waals surface area contributed by atoms with Crippen molar-refractivity contribution in [1.29, 1.82) is 0 Å². The van der Waals surface area contributed by atoms with Gasteiger partial charge in [0.15, 0.2) is 0 Å². The van der Waals surface area contributed by atoms with E-state index in [0.29, 0.717) is 5.15 Å². The van der Waals surface area contributed by atoms with E-state index < -0.39 is 0 Å². The van der Waals surface area contributed by atoms with Crippen LogP contribution in [-0.2, 0) is 6.54 Å². The zero-order valence-electron chi connectivity index (χ0n) is 8.63. The molecule has 1 aromatic heterocycles. The van der Waals surface area contributed by atoms with Gasteiger partial charge >= 0.3 is 0 Å². The fourth-order valence-electron chi connectivity index (χ4n) is 1.21. The van der Waals surface area contributed by atoms with Gasteiger partial charge in [-0.05, 0) is 20.2 Å². The highest BCUT2D eigenvalue weighted by atomic mass is 35.5. The Morgan fingerprint density at radius 1 is 1.57 bits per heavy atom. The van der Waals surface area contributed by atoms with Gasteiger partial charge in [-0.25, -0.2) is 4.98 Å². The van der Waals surface area contributed by atoms with Crippen LogP contribution in [0.15, 0.2) is 18.3 Å². The molecule has 0 saturated carbocycles. The molecule has 14 heavy (non-hydrogen) atoms. The van der Waals surface area contributed by atoms with Crippen molar-refractivity contribution >= 4 is 11.6 Å². The molecule has 4 heteroatoms. The second-order valence-electron chi connectivity index (χ2n) is 3.29. The van der Waals surface area contributed by atoms with Gasteiger partial charge in [0.25, 0.3) is 0 Å². The molecule has 0 aromatic carbocycles. The number of hydrogen-bond donors (Lipinski definition) is 1. The van der Waals surface area contributed by atoms with E-state index in [-0.39, 0.29) is 0 Å². The summed E-state index contributed by atoms with van der Waals surface area (Å²) in [7, 11) is 4.02. The highest BCUT2D eigenvalue weighted by molar-refractivity contribution is 6.30. The highest BCUT2D eigenvalue weighted by Gasteiger charge is 2.03. The molecule has 0 amide bonds. The van der Waals surface area contributed by atoms with Crippen molar-refractivity contribution in [3.05, 3.63) is 29.0 Å². The van der Waals surface area contributed by atoms with Gasteiger partial charge in [0, 0.05) is 31.4 Å². The van der Waals surface area contributed by atoms with Gasteiger partial charge < -0.3 is 10.2 Å². The number of rotatable bonds is 5. The van der Waals surface area contributed by atoms with Crippen molar-refractivity contribution in [2.75, 3.05) is 27.2 Å². The maximum absolute atomic E-state index is 5.95. The topological polar surface area (TPSA) is 28.2 Å². The normalized spacial score (nSPS) is 10.9. The summed E-state index contributed by atoms with van der Waals surface area (Å²) in [5.74, 6) is 0. The molecule has 3 nitrogen and oxygen atoms in total. The minimum Gasteiger partial charge on any atom is -0.318 e. The monoisotopic (exact) mass is 213 g/mol. The molecule has 0 radical (unpaired) electrons. The first-order valence-corrected chi connectivity index (χ1v) is 5.04. The van der Waals surface area contributed by atoms with Gasteiger partial charge in [0.1, 0.15) is 5.15 Å². The summed E-state index contributed by atoms with van der Waals surface area (Å²) in [5, 5.41) is 3.71. The molecule has 1 N–H and O–H groups in total. The van der Waals surface area contributed by atoms with E-state index in [1.54, 1.807) is 6.20 Å². The smallest absolute Gasteiger partial charge is 0.133 e. The van der Waals surface area contributed by atoms with Crippen molar-refractivity contribution in [2.24, 2.45) is 0 Å². The Hall–Kier alpha value is -0.640. The molecule has 0 aliphatic carbocycles. The minimum atomic E-state index is 0.601. The summed E-state index contributed by atoms with van der Waals surface area (Å²) in [6, 6.07) is 3.92. The Kier molecular flexibility index (Phi) is 4.87. The van der Waals surface area contributed by atoms with E-state index in [1.807, 2.05) is 19.2 Å². The molecule has 78 valence electrons. The maximum Gasteiger partial charge on any atom is 0.133 e. The van der Waals surface area contributed by atoms with Gasteiger partial charge in [0.2, 0.25) is 0 Å². The molecular weight excluding hydrogens is 198 g/mol. The van der Waals surface area contributed by atoms with E-state index in [0.717, 1.165) is 25.2 Å². The third-order valence-electron chi connectivity index (χ3n) is 2.02. The lowest BCUT2D eigenvalue weighted by Crippen LogP contribution is -2.27. The number of halogens is 1. The Morgan fingerprint density at radius 2 is 2.36 bits per heavy atom. The number of aromatic nitrogens is 1.